The van der Waals surface area contributed by atoms with Crippen molar-refractivity contribution in [3.05, 3.63) is 65.2 Å². The third-order valence-electron chi connectivity index (χ3n) is 4.47. The molecule has 0 aromatic heterocycles. The molecule has 0 aliphatic rings. The topological polar surface area (TPSA) is 92.5 Å². The number of alkyl halides is 3. The van der Waals surface area contributed by atoms with E-state index in [-0.39, 0.29) is 29.3 Å². The molecule has 0 unspecified atom stereocenters. The molecule has 164 valence electrons. The van der Waals surface area contributed by atoms with Crippen molar-refractivity contribution in [2.45, 2.75) is 30.5 Å². The maximum Gasteiger partial charge on any atom is 0.416 e. The van der Waals surface area contributed by atoms with Crippen LogP contribution in [0.1, 0.15) is 23.1 Å². The second kappa shape index (κ2) is 10.1. The first-order valence-corrected chi connectivity index (χ1v) is 10.7. The number of carbonyl (C=O) groups is 1. The molecule has 2 aromatic carbocycles. The van der Waals surface area contributed by atoms with E-state index in [2.05, 4.69) is 5.32 Å². The molecule has 2 aromatic rings. The second-order valence-corrected chi connectivity index (χ2v) is 8.49. The van der Waals surface area contributed by atoms with E-state index in [1.54, 1.807) is 30.1 Å². The molecule has 30 heavy (non-hydrogen) atoms. The number of nitrogens with zero attached hydrogens (tertiary/aromatic N) is 1. The maximum absolute atomic E-state index is 13.1. The first-order chi connectivity index (χ1) is 14.0. The van der Waals surface area contributed by atoms with Gasteiger partial charge in [-0.3, -0.25) is 4.79 Å². The number of rotatable bonds is 9. The quantitative estimate of drug-likeness (QED) is 0.623. The van der Waals surface area contributed by atoms with Crippen LogP contribution in [0.3, 0.4) is 0 Å². The van der Waals surface area contributed by atoms with E-state index in [9.17, 15) is 26.4 Å². The van der Waals surface area contributed by atoms with Crippen molar-refractivity contribution in [3.8, 4) is 0 Å². The van der Waals surface area contributed by atoms with E-state index in [1.165, 1.54) is 24.3 Å². The minimum absolute atomic E-state index is 0.0189. The Labute approximate surface area is 173 Å². The van der Waals surface area contributed by atoms with Crippen molar-refractivity contribution < 1.29 is 26.4 Å². The van der Waals surface area contributed by atoms with Gasteiger partial charge in [-0.05, 0) is 42.8 Å². The zero-order chi connectivity index (χ0) is 22.4. The molecular weight excluding hydrogens is 419 g/mol. The molecule has 0 saturated carbocycles. The van der Waals surface area contributed by atoms with Crippen molar-refractivity contribution in [2.24, 2.45) is 5.14 Å². The molecule has 6 nitrogen and oxygen atoms in total. The molecule has 0 spiro atoms. The summed E-state index contributed by atoms with van der Waals surface area (Å²) in [6.45, 7) is 0.745. The fourth-order valence-corrected chi connectivity index (χ4v) is 3.39. The van der Waals surface area contributed by atoms with Crippen LogP contribution >= 0.6 is 0 Å². The zero-order valence-electron chi connectivity index (χ0n) is 16.4. The number of nitrogens with two attached hydrogens (primary N) is 1. The van der Waals surface area contributed by atoms with Gasteiger partial charge in [0.1, 0.15) is 0 Å². The lowest BCUT2D eigenvalue weighted by atomic mass is 10.1. The van der Waals surface area contributed by atoms with E-state index in [0.29, 0.717) is 19.5 Å². The summed E-state index contributed by atoms with van der Waals surface area (Å²) >= 11 is 0. The molecule has 0 radical (unpaired) electrons. The van der Waals surface area contributed by atoms with Crippen LogP contribution in [-0.2, 0) is 34.0 Å². The second-order valence-electron chi connectivity index (χ2n) is 6.93. The average molecular weight is 443 g/mol. The van der Waals surface area contributed by atoms with Crippen molar-refractivity contribution in [2.75, 3.05) is 20.1 Å². The summed E-state index contributed by atoms with van der Waals surface area (Å²) in [6, 6.07) is 11.4. The van der Waals surface area contributed by atoms with Crippen LogP contribution in [0.2, 0.25) is 0 Å². The van der Waals surface area contributed by atoms with Gasteiger partial charge in [-0.15, -0.1) is 0 Å². The SMILES string of the molecule is CN(CCC(=O)NCCc1ccc(S(N)(=O)=O)cc1)Cc1ccccc1C(F)(F)F. The molecule has 10 heteroatoms. The van der Waals surface area contributed by atoms with Crippen molar-refractivity contribution in [1.29, 1.82) is 0 Å². The fourth-order valence-electron chi connectivity index (χ4n) is 2.88. The number of halogens is 3. The summed E-state index contributed by atoms with van der Waals surface area (Å²) in [5, 5.41) is 7.78. The Morgan fingerprint density at radius 2 is 1.73 bits per heavy atom. The summed E-state index contributed by atoms with van der Waals surface area (Å²) < 4.78 is 61.6. The molecule has 0 saturated heterocycles. The van der Waals surface area contributed by atoms with Crippen LogP contribution in [-0.4, -0.2) is 39.4 Å². The Morgan fingerprint density at radius 3 is 2.33 bits per heavy atom. The first kappa shape index (κ1) is 23.8. The van der Waals surface area contributed by atoms with Gasteiger partial charge in [-0.1, -0.05) is 30.3 Å². The fraction of sp³-hybridized carbons (Fsp3) is 0.350. The van der Waals surface area contributed by atoms with Gasteiger partial charge in [0, 0.05) is 26.1 Å². The third kappa shape index (κ3) is 7.43. The number of carbonyl (C=O) groups excluding carboxylic acids is 1. The smallest absolute Gasteiger partial charge is 0.356 e. The summed E-state index contributed by atoms with van der Waals surface area (Å²) in [4.78, 5) is 13.7. The van der Waals surface area contributed by atoms with Crippen LogP contribution < -0.4 is 10.5 Å². The molecule has 1 amide bonds. The van der Waals surface area contributed by atoms with Crippen LogP contribution in [0.5, 0.6) is 0 Å². The van der Waals surface area contributed by atoms with Crippen LogP contribution in [0, 0.1) is 0 Å². The number of benzene rings is 2. The van der Waals surface area contributed by atoms with Gasteiger partial charge in [-0.2, -0.15) is 13.2 Å². The average Bonchev–Trinajstić information content (AvgIpc) is 2.66. The number of nitrogens with one attached hydrogen (secondary N) is 1. The van der Waals surface area contributed by atoms with Crippen LogP contribution in [0.25, 0.3) is 0 Å². The highest BCUT2D eigenvalue weighted by Gasteiger charge is 2.32. The summed E-state index contributed by atoms with van der Waals surface area (Å²) in [5.41, 5.74) is 0.328. The molecule has 2 rings (SSSR count). The van der Waals surface area contributed by atoms with Gasteiger partial charge in [0.25, 0.3) is 0 Å². The Hall–Kier alpha value is -2.43. The van der Waals surface area contributed by atoms with Gasteiger partial charge in [0.2, 0.25) is 15.9 Å². The highest BCUT2D eigenvalue weighted by atomic mass is 32.2. The molecule has 0 aliphatic carbocycles. The Kier molecular flexibility index (Phi) is 7.99. The molecule has 3 N–H and O–H groups in total. The predicted octanol–water partition coefficient (Wildman–Crippen LogP) is 2.53. The summed E-state index contributed by atoms with van der Waals surface area (Å²) in [5.74, 6) is -0.216. The van der Waals surface area contributed by atoms with Gasteiger partial charge in [-0.25, -0.2) is 13.6 Å². The maximum atomic E-state index is 13.1. The van der Waals surface area contributed by atoms with Gasteiger partial charge in [0.15, 0.2) is 0 Å². The summed E-state index contributed by atoms with van der Waals surface area (Å²) in [7, 11) is -2.08. The summed E-state index contributed by atoms with van der Waals surface area (Å²) in [6.07, 6.45) is -3.76. The largest absolute Gasteiger partial charge is 0.416 e. The lowest BCUT2D eigenvalue weighted by Crippen LogP contribution is -2.30. The molecular formula is C20H24F3N3O3S. The van der Waals surface area contributed by atoms with Gasteiger partial charge < -0.3 is 10.2 Å². The lowest BCUT2D eigenvalue weighted by molar-refractivity contribution is -0.138. The Bertz CT molecular complexity index is 961. The third-order valence-corrected chi connectivity index (χ3v) is 5.40. The zero-order valence-corrected chi connectivity index (χ0v) is 17.3. The molecule has 0 aliphatic heterocycles. The van der Waals surface area contributed by atoms with Crippen molar-refractivity contribution in [3.63, 3.8) is 0 Å². The number of primary sulfonamides is 1. The molecule has 0 fully saturated rings. The van der Waals surface area contributed by atoms with E-state index < -0.39 is 21.8 Å². The van der Waals surface area contributed by atoms with E-state index >= 15 is 0 Å². The normalized spacial score (nSPS) is 12.2. The van der Waals surface area contributed by atoms with E-state index in [0.717, 1.165) is 11.6 Å². The van der Waals surface area contributed by atoms with Crippen LogP contribution in [0.4, 0.5) is 13.2 Å². The molecule has 0 atom stereocenters. The molecule has 0 bridgehead atoms. The highest BCUT2D eigenvalue weighted by Crippen LogP contribution is 2.32. The predicted molar refractivity (Wildman–Crippen MR) is 107 cm³/mol. The van der Waals surface area contributed by atoms with Gasteiger partial charge >= 0.3 is 6.18 Å². The Balaban J connectivity index is 1.76. The lowest BCUT2D eigenvalue weighted by Gasteiger charge is -2.19. The minimum atomic E-state index is -4.42. The highest BCUT2D eigenvalue weighted by molar-refractivity contribution is 7.89. The number of hydrogen-bond donors (Lipinski definition) is 2. The van der Waals surface area contributed by atoms with Crippen molar-refractivity contribution >= 4 is 15.9 Å². The monoisotopic (exact) mass is 443 g/mol. The standard InChI is InChI=1S/C20H24F3N3O3S/c1-26(14-16-4-2-3-5-18(16)20(21,22)23)13-11-19(27)25-12-10-15-6-8-17(9-7-15)30(24,28)29/h2-9H,10-14H2,1H3,(H,25,27)(H2,24,28,29). The Morgan fingerprint density at radius 1 is 1.10 bits per heavy atom. The molecule has 0 heterocycles. The van der Waals surface area contributed by atoms with Crippen LogP contribution in [0.15, 0.2) is 53.4 Å². The van der Waals surface area contributed by atoms with Gasteiger partial charge in [0.05, 0.1) is 10.5 Å². The number of sulfonamides is 1. The van der Waals surface area contributed by atoms with E-state index in [4.69, 9.17) is 5.14 Å². The number of amides is 1. The van der Waals surface area contributed by atoms with E-state index in [1.807, 2.05) is 0 Å². The van der Waals surface area contributed by atoms with Crippen molar-refractivity contribution in [1.82, 2.24) is 10.2 Å². The first-order valence-electron chi connectivity index (χ1n) is 9.19. The minimum Gasteiger partial charge on any atom is -0.356 e. The number of hydrogen-bond acceptors (Lipinski definition) is 4.